The molecular weight excluding hydrogens is 242 g/mol. The van der Waals surface area contributed by atoms with Gasteiger partial charge >= 0.3 is 5.97 Å². The van der Waals surface area contributed by atoms with Crippen molar-refractivity contribution in [2.75, 3.05) is 19.8 Å². The van der Waals surface area contributed by atoms with E-state index in [9.17, 15) is 13.8 Å². The van der Waals surface area contributed by atoms with Crippen molar-refractivity contribution in [3.05, 3.63) is 29.8 Å². The summed E-state index contributed by atoms with van der Waals surface area (Å²) in [4.78, 5) is 23.8. The minimum atomic E-state index is -1.64. The molecular formula is C11H13NO4S. The lowest BCUT2D eigenvalue weighted by atomic mass is 10.2. The van der Waals surface area contributed by atoms with Crippen molar-refractivity contribution in [1.29, 1.82) is 0 Å². The van der Waals surface area contributed by atoms with Gasteiger partial charge in [0, 0.05) is 14.1 Å². The molecule has 0 saturated carbocycles. The van der Waals surface area contributed by atoms with Crippen LogP contribution in [0, 0.1) is 0 Å². The first-order valence-electron chi connectivity index (χ1n) is 4.84. The minimum Gasteiger partial charge on any atom is -0.478 e. The monoisotopic (exact) mass is 255 g/mol. The maximum absolute atomic E-state index is 11.9. The van der Waals surface area contributed by atoms with E-state index in [1.54, 1.807) is 26.2 Å². The molecule has 0 fully saturated rings. The van der Waals surface area contributed by atoms with Crippen LogP contribution >= 0.6 is 0 Å². The molecule has 17 heavy (non-hydrogen) atoms. The van der Waals surface area contributed by atoms with E-state index in [2.05, 4.69) is 0 Å². The zero-order chi connectivity index (χ0) is 13.0. The summed E-state index contributed by atoms with van der Waals surface area (Å²) in [5, 5.41) is 8.93. The van der Waals surface area contributed by atoms with Crippen LogP contribution in [-0.4, -0.2) is 45.9 Å². The van der Waals surface area contributed by atoms with Crippen LogP contribution in [0.1, 0.15) is 10.4 Å². The Labute approximate surface area is 102 Å². The highest BCUT2D eigenvalue weighted by atomic mass is 32.2. The molecule has 1 amide bonds. The van der Waals surface area contributed by atoms with Crippen LogP contribution in [0.2, 0.25) is 0 Å². The Balaban J connectivity index is 2.97. The van der Waals surface area contributed by atoms with Crippen molar-refractivity contribution >= 4 is 22.7 Å². The molecule has 1 aromatic carbocycles. The van der Waals surface area contributed by atoms with Gasteiger partial charge < -0.3 is 10.0 Å². The van der Waals surface area contributed by atoms with Gasteiger partial charge in [-0.25, -0.2) is 4.79 Å². The molecule has 0 aromatic heterocycles. The van der Waals surface area contributed by atoms with Crippen molar-refractivity contribution in [2.45, 2.75) is 4.90 Å². The summed E-state index contributed by atoms with van der Waals surface area (Å²) in [6.07, 6.45) is 0. The molecule has 0 spiro atoms. The zero-order valence-electron chi connectivity index (χ0n) is 9.54. The fraction of sp³-hybridized carbons (Fsp3) is 0.273. The number of carboxylic acids is 1. The molecule has 0 aliphatic rings. The molecule has 1 unspecified atom stereocenters. The molecule has 0 saturated heterocycles. The number of amides is 1. The standard InChI is InChI=1S/C11H13NO4S/c1-12(2)10(13)7-17(16)9-6-4-3-5-8(9)11(14)15/h3-6H,7H2,1-2H3,(H,14,15). The van der Waals surface area contributed by atoms with Gasteiger partial charge in [-0.15, -0.1) is 0 Å². The molecule has 92 valence electrons. The second kappa shape index (κ2) is 5.58. The summed E-state index contributed by atoms with van der Waals surface area (Å²) >= 11 is 0. The normalized spacial score (nSPS) is 11.9. The van der Waals surface area contributed by atoms with Gasteiger partial charge in [-0.1, -0.05) is 12.1 Å². The van der Waals surface area contributed by atoms with Gasteiger partial charge in [-0.3, -0.25) is 9.00 Å². The van der Waals surface area contributed by atoms with Gasteiger partial charge in [0.2, 0.25) is 5.91 Å². The molecule has 5 nitrogen and oxygen atoms in total. The van der Waals surface area contributed by atoms with Crippen molar-refractivity contribution in [3.8, 4) is 0 Å². The van der Waals surface area contributed by atoms with E-state index in [1.165, 1.54) is 17.0 Å². The lowest BCUT2D eigenvalue weighted by molar-refractivity contribution is -0.125. The number of benzene rings is 1. The van der Waals surface area contributed by atoms with Crippen LogP contribution in [-0.2, 0) is 15.6 Å². The van der Waals surface area contributed by atoms with Crippen LogP contribution in [0.5, 0.6) is 0 Å². The van der Waals surface area contributed by atoms with Crippen LogP contribution in [0.3, 0.4) is 0 Å². The highest BCUT2D eigenvalue weighted by Gasteiger charge is 2.17. The lowest BCUT2D eigenvalue weighted by Crippen LogP contribution is -2.27. The van der Waals surface area contributed by atoms with Crippen molar-refractivity contribution in [3.63, 3.8) is 0 Å². The SMILES string of the molecule is CN(C)C(=O)CS(=O)c1ccccc1C(=O)O. The van der Waals surface area contributed by atoms with Gasteiger partial charge in [0.05, 0.1) is 21.3 Å². The topological polar surface area (TPSA) is 74.7 Å². The fourth-order valence-corrected chi connectivity index (χ4v) is 2.43. The van der Waals surface area contributed by atoms with E-state index >= 15 is 0 Å². The van der Waals surface area contributed by atoms with Gasteiger partial charge in [0.25, 0.3) is 0 Å². The highest BCUT2D eigenvalue weighted by Crippen LogP contribution is 2.14. The smallest absolute Gasteiger partial charge is 0.336 e. The molecule has 1 N–H and O–H groups in total. The summed E-state index contributed by atoms with van der Waals surface area (Å²) in [5.74, 6) is -1.66. The average molecular weight is 255 g/mol. The molecule has 6 heteroatoms. The van der Waals surface area contributed by atoms with Crippen LogP contribution < -0.4 is 0 Å². The number of hydrogen-bond acceptors (Lipinski definition) is 3. The molecule has 0 bridgehead atoms. The Morgan fingerprint density at radius 1 is 1.29 bits per heavy atom. The van der Waals surface area contributed by atoms with Crippen molar-refractivity contribution in [1.82, 2.24) is 4.90 Å². The number of carbonyl (C=O) groups excluding carboxylic acids is 1. The van der Waals surface area contributed by atoms with E-state index < -0.39 is 16.8 Å². The van der Waals surface area contributed by atoms with Gasteiger partial charge in [0.15, 0.2) is 0 Å². The summed E-state index contributed by atoms with van der Waals surface area (Å²) in [7, 11) is 1.48. The van der Waals surface area contributed by atoms with Crippen LogP contribution in [0.15, 0.2) is 29.2 Å². The molecule has 0 aliphatic heterocycles. The number of aromatic carboxylic acids is 1. The predicted molar refractivity (Wildman–Crippen MR) is 63.4 cm³/mol. The maximum Gasteiger partial charge on any atom is 0.336 e. The Hall–Kier alpha value is -1.69. The Kier molecular flexibility index (Phi) is 4.39. The molecule has 1 aromatic rings. The van der Waals surface area contributed by atoms with E-state index in [1.807, 2.05) is 0 Å². The van der Waals surface area contributed by atoms with E-state index in [0.29, 0.717) is 0 Å². The number of carboxylic acid groups (broad SMARTS) is 1. The number of rotatable bonds is 4. The summed E-state index contributed by atoms with van der Waals surface area (Å²) in [6.45, 7) is 0. The summed E-state index contributed by atoms with van der Waals surface area (Å²) in [6, 6.07) is 5.98. The zero-order valence-corrected chi connectivity index (χ0v) is 10.4. The van der Waals surface area contributed by atoms with Gasteiger partial charge in [-0.05, 0) is 12.1 Å². The number of nitrogens with zero attached hydrogens (tertiary/aromatic N) is 1. The lowest BCUT2D eigenvalue weighted by Gasteiger charge is -2.10. The molecule has 1 rings (SSSR count). The first-order chi connectivity index (χ1) is 7.93. The molecule has 0 heterocycles. The molecule has 1 atom stereocenters. The van der Waals surface area contributed by atoms with E-state index in [4.69, 9.17) is 5.11 Å². The van der Waals surface area contributed by atoms with Crippen molar-refractivity contribution in [2.24, 2.45) is 0 Å². The third-order valence-electron chi connectivity index (χ3n) is 2.12. The van der Waals surface area contributed by atoms with Gasteiger partial charge in [-0.2, -0.15) is 0 Å². The van der Waals surface area contributed by atoms with Crippen molar-refractivity contribution < 1.29 is 18.9 Å². The third-order valence-corrected chi connectivity index (χ3v) is 3.47. The van der Waals surface area contributed by atoms with Crippen LogP contribution in [0.4, 0.5) is 0 Å². The molecule has 0 radical (unpaired) electrons. The Morgan fingerprint density at radius 3 is 2.41 bits per heavy atom. The fourth-order valence-electron chi connectivity index (χ4n) is 1.16. The quantitative estimate of drug-likeness (QED) is 0.854. The first kappa shape index (κ1) is 13.4. The number of hydrogen-bond donors (Lipinski definition) is 1. The predicted octanol–water partition coefficient (Wildman–Crippen LogP) is 0.581. The van der Waals surface area contributed by atoms with E-state index in [0.717, 1.165) is 0 Å². The Morgan fingerprint density at radius 2 is 1.88 bits per heavy atom. The number of carbonyl (C=O) groups is 2. The summed E-state index contributed by atoms with van der Waals surface area (Å²) < 4.78 is 11.9. The highest BCUT2D eigenvalue weighted by molar-refractivity contribution is 7.85. The minimum absolute atomic E-state index is 0.0302. The Bertz CT molecular complexity index is 470. The molecule has 0 aliphatic carbocycles. The second-order valence-electron chi connectivity index (χ2n) is 3.58. The largest absolute Gasteiger partial charge is 0.478 e. The van der Waals surface area contributed by atoms with Crippen LogP contribution in [0.25, 0.3) is 0 Å². The van der Waals surface area contributed by atoms with E-state index in [-0.39, 0.29) is 22.1 Å². The third kappa shape index (κ3) is 3.39. The first-order valence-corrected chi connectivity index (χ1v) is 6.16. The second-order valence-corrected chi connectivity index (χ2v) is 5.00. The summed E-state index contributed by atoms with van der Waals surface area (Å²) in [5.41, 5.74) is -0.0302. The van der Waals surface area contributed by atoms with Gasteiger partial charge in [0.1, 0.15) is 5.75 Å². The average Bonchev–Trinajstić information content (AvgIpc) is 2.28. The maximum atomic E-state index is 11.9.